The molecule has 2 atom stereocenters. The lowest BCUT2D eigenvalue weighted by Crippen LogP contribution is -2.37. The molecule has 1 saturated carbocycles. The third kappa shape index (κ3) is 1.23. The summed E-state index contributed by atoms with van der Waals surface area (Å²) in [7, 11) is 0. The minimum atomic E-state index is 0.171. The zero-order chi connectivity index (χ0) is 13.3. The summed E-state index contributed by atoms with van der Waals surface area (Å²) >= 11 is 3.76. The van der Waals surface area contributed by atoms with Gasteiger partial charge in [0, 0.05) is 16.7 Å². The van der Waals surface area contributed by atoms with Gasteiger partial charge in [-0.3, -0.25) is 0 Å². The molecule has 2 bridgehead atoms. The van der Waals surface area contributed by atoms with E-state index in [2.05, 4.69) is 41.9 Å². The highest BCUT2D eigenvalue weighted by Gasteiger charge is 2.63. The Hall–Kier alpha value is -0.960. The first-order valence-electron chi connectivity index (χ1n) is 6.93. The Labute approximate surface area is 121 Å². The lowest BCUT2D eigenvalue weighted by atomic mass is 9.70. The summed E-state index contributed by atoms with van der Waals surface area (Å²) in [4.78, 5) is 9.93. The smallest absolute Gasteiger partial charge is 0.0890 e. The van der Waals surface area contributed by atoms with E-state index in [0.717, 1.165) is 16.4 Å². The van der Waals surface area contributed by atoms with Crippen molar-refractivity contribution in [3.8, 4) is 0 Å². The summed E-state index contributed by atoms with van der Waals surface area (Å²) in [6, 6.07) is 8.23. The van der Waals surface area contributed by atoms with Gasteiger partial charge in [0.1, 0.15) is 0 Å². The van der Waals surface area contributed by atoms with Gasteiger partial charge in [-0.2, -0.15) is 0 Å². The monoisotopic (exact) mass is 316 g/mol. The van der Waals surface area contributed by atoms with Crippen molar-refractivity contribution in [3.63, 3.8) is 0 Å². The molecule has 1 aromatic heterocycles. The van der Waals surface area contributed by atoms with Gasteiger partial charge in [-0.05, 0) is 30.4 Å². The molecule has 1 aromatic carbocycles. The zero-order valence-corrected chi connectivity index (χ0v) is 12.9. The molecule has 2 aliphatic carbocycles. The number of halogens is 1. The Kier molecular flexibility index (Phi) is 2.22. The van der Waals surface area contributed by atoms with Crippen LogP contribution in [0.1, 0.15) is 44.0 Å². The first-order valence-corrected chi connectivity index (χ1v) is 8.05. The maximum Gasteiger partial charge on any atom is 0.0890 e. The number of fused-ring (bicyclic) bond motifs is 6. The van der Waals surface area contributed by atoms with Crippen LogP contribution >= 0.6 is 15.9 Å². The number of alkyl halides is 1. The molecular formula is C16H17BrN2. The number of hydrogen-bond acceptors (Lipinski definition) is 2. The number of hydrogen-bond donors (Lipinski definition) is 0. The predicted molar refractivity (Wildman–Crippen MR) is 80.8 cm³/mol. The lowest BCUT2D eigenvalue weighted by Gasteiger charge is -2.36. The number of nitrogens with zero attached hydrogens (tertiary/aromatic N) is 2. The van der Waals surface area contributed by atoms with E-state index in [0.29, 0.717) is 5.92 Å². The summed E-state index contributed by atoms with van der Waals surface area (Å²) in [5.41, 5.74) is 5.01. The fourth-order valence-electron chi connectivity index (χ4n) is 4.22. The molecule has 98 valence electrons. The highest BCUT2D eigenvalue weighted by molar-refractivity contribution is 9.09. The SMILES string of the molecule is CC1(C)[C@H]2CC[C@]1(CBr)c1nc3ccccc3nc12. The summed E-state index contributed by atoms with van der Waals surface area (Å²) in [6.45, 7) is 4.78. The average Bonchev–Trinajstić information content (AvgIpc) is 2.78. The second-order valence-corrected chi connectivity index (χ2v) is 7.04. The van der Waals surface area contributed by atoms with Crippen LogP contribution < -0.4 is 0 Å². The molecule has 0 aliphatic heterocycles. The quantitative estimate of drug-likeness (QED) is 0.738. The van der Waals surface area contributed by atoms with Crippen LogP contribution in [-0.4, -0.2) is 15.3 Å². The predicted octanol–water partition coefficient (Wildman–Crippen LogP) is 4.18. The van der Waals surface area contributed by atoms with Crippen LogP contribution in [0.5, 0.6) is 0 Å². The molecule has 3 heteroatoms. The molecule has 0 N–H and O–H groups in total. The highest BCUT2D eigenvalue weighted by atomic mass is 79.9. The Morgan fingerprint density at radius 1 is 1.21 bits per heavy atom. The van der Waals surface area contributed by atoms with E-state index in [1.54, 1.807) is 0 Å². The fourth-order valence-corrected chi connectivity index (χ4v) is 5.49. The molecule has 1 heterocycles. The zero-order valence-electron chi connectivity index (χ0n) is 11.3. The van der Waals surface area contributed by atoms with E-state index >= 15 is 0 Å². The Morgan fingerprint density at radius 2 is 1.89 bits per heavy atom. The van der Waals surface area contributed by atoms with E-state index in [9.17, 15) is 0 Å². The van der Waals surface area contributed by atoms with Crippen molar-refractivity contribution in [2.24, 2.45) is 5.41 Å². The van der Waals surface area contributed by atoms with Crippen LogP contribution in [0, 0.1) is 5.41 Å². The van der Waals surface area contributed by atoms with Crippen LogP contribution in [0.4, 0.5) is 0 Å². The summed E-state index contributed by atoms with van der Waals surface area (Å²) in [6.07, 6.45) is 2.48. The molecule has 19 heavy (non-hydrogen) atoms. The molecule has 4 rings (SSSR count). The third-order valence-corrected chi connectivity index (χ3v) is 6.53. The number of benzene rings is 1. The largest absolute Gasteiger partial charge is 0.249 e. The van der Waals surface area contributed by atoms with Crippen LogP contribution in [-0.2, 0) is 5.41 Å². The second-order valence-electron chi connectivity index (χ2n) is 6.47. The average molecular weight is 317 g/mol. The molecule has 0 amide bonds. The van der Waals surface area contributed by atoms with Gasteiger partial charge >= 0.3 is 0 Å². The molecule has 2 aromatic rings. The molecule has 2 nitrogen and oxygen atoms in total. The van der Waals surface area contributed by atoms with Gasteiger partial charge in [-0.1, -0.05) is 41.9 Å². The highest BCUT2D eigenvalue weighted by Crippen LogP contribution is 2.67. The van der Waals surface area contributed by atoms with Crippen LogP contribution in [0.3, 0.4) is 0 Å². The number of aromatic nitrogens is 2. The maximum atomic E-state index is 4.98. The molecule has 0 radical (unpaired) electrons. The topological polar surface area (TPSA) is 25.8 Å². The first kappa shape index (κ1) is 11.8. The van der Waals surface area contributed by atoms with Crippen LogP contribution in [0.25, 0.3) is 11.0 Å². The van der Waals surface area contributed by atoms with E-state index < -0.39 is 0 Å². The van der Waals surface area contributed by atoms with Crippen molar-refractivity contribution in [1.82, 2.24) is 9.97 Å². The van der Waals surface area contributed by atoms with Crippen molar-refractivity contribution < 1.29 is 0 Å². The van der Waals surface area contributed by atoms with E-state index in [1.807, 2.05) is 12.1 Å². The number of para-hydroxylation sites is 2. The molecule has 1 fully saturated rings. The van der Waals surface area contributed by atoms with Gasteiger partial charge in [0.15, 0.2) is 0 Å². The van der Waals surface area contributed by atoms with Crippen molar-refractivity contribution in [2.45, 2.75) is 38.0 Å². The maximum absolute atomic E-state index is 4.98. The van der Waals surface area contributed by atoms with Gasteiger partial charge in [-0.25, -0.2) is 9.97 Å². The molecule has 2 aliphatic rings. The van der Waals surface area contributed by atoms with Gasteiger partial charge in [-0.15, -0.1) is 0 Å². The van der Waals surface area contributed by atoms with Crippen molar-refractivity contribution >= 4 is 27.0 Å². The Bertz CT molecular complexity index is 680. The van der Waals surface area contributed by atoms with Gasteiger partial charge in [0.25, 0.3) is 0 Å². The molecule has 0 spiro atoms. The first-order chi connectivity index (χ1) is 9.10. The standard InChI is InChI=1S/C16H17BrN2/c1-15(2)10-7-8-16(15,9-17)14-13(10)18-11-5-3-4-6-12(11)19-14/h3-6,10H,7-9H2,1-2H3/t10-,16-/m0/s1. The van der Waals surface area contributed by atoms with Crippen LogP contribution in [0.2, 0.25) is 0 Å². The molecule has 0 unspecified atom stereocenters. The summed E-state index contributed by atoms with van der Waals surface area (Å²) < 4.78 is 0. The summed E-state index contributed by atoms with van der Waals surface area (Å²) in [5.74, 6) is 0.567. The van der Waals surface area contributed by atoms with Crippen molar-refractivity contribution in [1.29, 1.82) is 0 Å². The van der Waals surface area contributed by atoms with Crippen molar-refractivity contribution in [2.75, 3.05) is 5.33 Å². The fraction of sp³-hybridized carbons (Fsp3) is 0.500. The minimum absolute atomic E-state index is 0.171. The van der Waals surface area contributed by atoms with Gasteiger partial charge in [0.2, 0.25) is 0 Å². The number of rotatable bonds is 1. The Morgan fingerprint density at radius 3 is 2.58 bits per heavy atom. The summed E-state index contributed by atoms with van der Waals surface area (Å²) in [5, 5.41) is 0.990. The van der Waals surface area contributed by atoms with Gasteiger partial charge < -0.3 is 0 Å². The van der Waals surface area contributed by atoms with Gasteiger partial charge in [0.05, 0.1) is 22.4 Å². The van der Waals surface area contributed by atoms with E-state index in [-0.39, 0.29) is 10.8 Å². The lowest BCUT2D eigenvalue weighted by molar-refractivity contribution is 0.233. The minimum Gasteiger partial charge on any atom is -0.249 e. The third-order valence-electron chi connectivity index (χ3n) is 5.57. The van der Waals surface area contributed by atoms with E-state index in [4.69, 9.17) is 9.97 Å². The Balaban J connectivity index is 2.07. The second kappa shape index (κ2) is 3.57. The van der Waals surface area contributed by atoms with Crippen molar-refractivity contribution in [3.05, 3.63) is 35.7 Å². The normalized spacial score (nSPS) is 30.8. The van der Waals surface area contributed by atoms with Crippen LogP contribution in [0.15, 0.2) is 24.3 Å². The molecule has 0 saturated heterocycles. The van der Waals surface area contributed by atoms with E-state index in [1.165, 1.54) is 24.2 Å². The molecular weight excluding hydrogens is 300 g/mol.